The van der Waals surface area contributed by atoms with Crippen molar-refractivity contribution in [2.24, 2.45) is 4.99 Å². The van der Waals surface area contributed by atoms with E-state index >= 15 is 0 Å². The maximum Gasteiger partial charge on any atom is 0.286 e. The van der Waals surface area contributed by atoms with Crippen LogP contribution in [0.3, 0.4) is 0 Å². The molecule has 0 N–H and O–H groups in total. The summed E-state index contributed by atoms with van der Waals surface area (Å²) in [4.78, 5) is 17.2. The van der Waals surface area contributed by atoms with Gasteiger partial charge in [0.15, 0.2) is 11.4 Å². The second-order valence-electron chi connectivity index (χ2n) is 5.95. The standard InChI is InChI=1S/C20H21ClN2O3S/c1-3-25-11-10-23-17-9-4-14(2)12-18(17)27-20(23)22-19(24)13-26-16-7-5-15(21)6-8-16/h4-9,12H,3,10-11,13H2,1-2H3. The minimum absolute atomic E-state index is 0.125. The molecular weight excluding hydrogens is 384 g/mol. The SMILES string of the molecule is CCOCCn1c(=NC(=O)COc2ccc(Cl)cc2)sc2cc(C)ccc21. The summed E-state index contributed by atoms with van der Waals surface area (Å²) in [5.74, 6) is 0.248. The van der Waals surface area contributed by atoms with Gasteiger partial charge in [0.05, 0.1) is 16.8 Å². The second-order valence-corrected chi connectivity index (χ2v) is 7.40. The average Bonchev–Trinajstić information content (AvgIpc) is 2.97. The zero-order valence-electron chi connectivity index (χ0n) is 15.3. The molecule has 0 radical (unpaired) electrons. The first kappa shape index (κ1) is 19.6. The highest BCUT2D eigenvalue weighted by Crippen LogP contribution is 2.19. The quantitative estimate of drug-likeness (QED) is 0.554. The minimum Gasteiger partial charge on any atom is -0.484 e. The van der Waals surface area contributed by atoms with E-state index in [-0.39, 0.29) is 12.5 Å². The van der Waals surface area contributed by atoms with E-state index in [1.165, 1.54) is 16.9 Å². The van der Waals surface area contributed by atoms with Crippen LogP contribution in [0.5, 0.6) is 5.75 Å². The van der Waals surface area contributed by atoms with Crippen LogP contribution in [-0.2, 0) is 16.1 Å². The van der Waals surface area contributed by atoms with Crippen molar-refractivity contribution in [2.75, 3.05) is 19.8 Å². The van der Waals surface area contributed by atoms with E-state index in [1.54, 1.807) is 24.3 Å². The van der Waals surface area contributed by atoms with Gasteiger partial charge in [-0.15, -0.1) is 0 Å². The van der Waals surface area contributed by atoms with E-state index < -0.39 is 0 Å². The molecule has 0 fully saturated rings. The largest absolute Gasteiger partial charge is 0.484 e. The number of hydrogen-bond donors (Lipinski definition) is 0. The third-order valence-electron chi connectivity index (χ3n) is 3.90. The van der Waals surface area contributed by atoms with Crippen LogP contribution in [0.15, 0.2) is 47.5 Å². The third kappa shape index (κ3) is 5.19. The molecule has 0 spiro atoms. The molecule has 0 saturated heterocycles. The summed E-state index contributed by atoms with van der Waals surface area (Å²) in [6.07, 6.45) is 0. The zero-order valence-corrected chi connectivity index (χ0v) is 16.8. The molecule has 0 aliphatic heterocycles. The molecule has 1 heterocycles. The monoisotopic (exact) mass is 404 g/mol. The van der Waals surface area contributed by atoms with Crippen LogP contribution in [0.1, 0.15) is 12.5 Å². The molecule has 0 atom stereocenters. The lowest BCUT2D eigenvalue weighted by Gasteiger charge is -2.06. The molecule has 27 heavy (non-hydrogen) atoms. The first-order valence-electron chi connectivity index (χ1n) is 8.70. The van der Waals surface area contributed by atoms with Gasteiger partial charge in [0, 0.05) is 18.2 Å². The van der Waals surface area contributed by atoms with E-state index in [1.807, 2.05) is 18.4 Å². The predicted octanol–water partition coefficient (Wildman–Crippen LogP) is 4.21. The van der Waals surface area contributed by atoms with Gasteiger partial charge in [0.1, 0.15) is 5.75 Å². The van der Waals surface area contributed by atoms with Gasteiger partial charge in [-0.2, -0.15) is 4.99 Å². The highest BCUT2D eigenvalue weighted by Gasteiger charge is 2.09. The van der Waals surface area contributed by atoms with Gasteiger partial charge in [-0.1, -0.05) is 29.0 Å². The fraction of sp³-hybridized carbons (Fsp3) is 0.300. The molecule has 7 heteroatoms. The summed E-state index contributed by atoms with van der Waals surface area (Å²) >= 11 is 7.34. The van der Waals surface area contributed by atoms with E-state index in [2.05, 4.69) is 23.2 Å². The normalized spacial score (nSPS) is 11.9. The van der Waals surface area contributed by atoms with Crippen molar-refractivity contribution >= 4 is 39.1 Å². The number of thiazole rings is 1. The van der Waals surface area contributed by atoms with Gasteiger partial charge in [-0.3, -0.25) is 4.79 Å². The molecule has 1 amide bonds. The van der Waals surface area contributed by atoms with Gasteiger partial charge in [0.25, 0.3) is 5.91 Å². The number of carbonyl (C=O) groups excluding carboxylic acids is 1. The van der Waals surface area contributed by atoms with E-state index in [4.69, 9.17) is 21.1 Å². The number of ether oxygens (including phenoxy) is 2. The van der Waals surface area contributed by atoms with Gasteiger partial charge in [-0.25, -0.2) is 0 Å². The van der Waals surface area contributed by atoms with Crippen LogP contribution < -0.4 is 9.54 Å². The van der Waals surface area contributed by atoms with Gasteiger partial charge >= 0.3 is 0 Å². The number of rotatable bonds is 7. The van der Waals surface area contributed by atoms with Crippen molar-refractivity contribution in [1.29, 1.82) is 0 Å². The zero-order chi connectivity index (χ0) is 19.2. The Morgan fingerprint density at radius 1 is 1.22 bits per heavy atom. The van der Waals surface area contributed by atoms with Gasteiger partial charge < -0.3 is 14.0 Å². The summed E-state index contributed by atoms with van der Waals surface area (Å²) in [6.45, 7) is 5.75. The Balaban J connectivity index is 1.83. The molecule has 0 aliphatic carbocycles. The van der Waals surface area contributed by atoms with Gasteiger partial charge in [0.2, 0.25) is 0 Å². The molecular formula is C20H21ClN2O3S. The Morgan fingerprint density at radius 2 is 2.00 bits per heavy atom. The summed E-state index contributed by atoms with van der Waals surface area (Å²) < 4.78 is 14.1. The second kappa shape index (κ2) is 9.17. The van der Waals surface area contributed by atoms with E-state index in [0.717, 1.165) is 10.2 Å². The topological polar surface area (TPSA) is 52.8 Å². The molecule has 3 rings (SSSR count). The highest BCUT2D eigenvalue weighted by molar-refractivity contribution is 7.16. The number of aromatic nitrogens is 1. The Labute approximate surface area is 166 Å². The van der Waals surface area contributed by atoms with Gasteiger partial charge in [-0.05, 0) is 55.8 Å². The maximum atomic E-state index is 12.3. The van der Waals surface area contributed by atoms with Crippen LogP contribution in [0, 0.1) is 6.92 Å². The van der Waals surface area contributed by atoms with Crippen molar-refractivity contribution in [1.82, 2.24) is 4.57 Å². The lowest BCUT2D eigenvalue weighted by molar-refractivity contribution is -0.120. The number of nitrogens with zero attached hydrogens (tertiary/aromatic N) is 2. The Bertz CT molecular complexity index is 993. The van der Waals surface area contributed by atoms with Crippen LogP contribution in [-0.4, -0.2) is 30.3 Å². The smallest absolute Gasteiger partial charge is 0.286 e. The number of hydrogen-bond acceptors (Lipinski definition) is 4. The van der Waals surface area contributed by atoms with Crippen molar-refractivity contribution in [3.63, 3.8) is 0 Å². The maximum absolute atomic E-state index is 12.3. The molecule has 0 unspecified atom stereocenters. The lowest BCUT2D eigenvalue weighted by atomic mass is 10.2. The summed E-state index contributed by atoms with van der Waals surface area (Å²) in [5, 5.41) is 0.620. The molecule has 0 saturated carbocycles. The molecule has 0 bridgehead atoms. The third-order valence-corrected chi connectivity index (χ3v) is 5.19. The number of aryl methyl sites for hydroxylation is 1. The first-order chi connectivity index (χ1) is 13.1. The minimum atomic E-state index is -0.335. The van der Waals surface area contributed by atoms with Crippen LogP contribution in [0.25, 0.3) is 10.2 Å². The van der Waals surface area contributed by atoms with Crippen LogP contribution in [0.2, 0.25) is 5.02 Å². The molecule has 3 aromatic rings. The van der Waals surface area contributed by atoms with Crippen molar-refractivity contribution in [2.45, 2.75) is 20.4 Å². The molecule has 5 nitrogen and oxygen atoms in total. The fourth-order valence-corrected chi connectivity index (χ4v) is 3.89. The Morgan fingerprint density at radius 3 is 2.74 bits per heavy atom. The van der Waals surface area contributed by atoms with E-state index in [9.17, 15) is 4.79 Å². The number of amides is 1. The Kier molecular flexibility index (Phi) is 6.66. The first-order valence-corrected chi connectivity index (χ1v) is 9.90. The number of carbonyl (C=O) groups is 1. The molecule has 2 aromatic carbocycles. The Hall–Kier alpha value is -2.15. The highest BCUT2D eigenvalue weighted by atomic mass is 35.5. The molecule has 142 valence electrons. The molecule has 1 aromatic heterocycles. The van der Waals surface area contributed by atoms with Crippen LogP contribution >= 0.6 is 22.9 Å². The number of halogens is 1. The lowest BCUT2D eigenvalue weighted by Crippen LogP contribution is -2.21. The number of fused-ring (bicyclic) bond motifs is 1. The van der Waals surface area contributed by atoms with Crippen molar-refractivity contribution < 1.29 is 14.3 Å². The summed E-state index contributed by atoms with van der Waals surface area (Å²) in [5.41, 5.74) is 2.22. The molecule has 0 aliphatic rings. The summed E-state index contributed by atoms with van der Waals surface area (Å²) in [6, 6.07) is 13.1. The van der Waals surface area contributed by atoms with E-state index in [0.29, 0.717) is 35.3 Å². The van der Waals surface area contributed by atoms with Crippen molar-refractivity contribution in [3.8, 4) is 5.75 Å². The van der Waals surface area contributed by atoms with Crippen molar-refractivity contribution in [3.05, 3.63) is 57.9 Å². The fourth-order valence-electron chi connectivity index (χ4n) is 2.60. The summed E-state index contributed by atoms with van der Waals surface area (Å²) in [7, 11) is 0. The predicted molar refractivity (Wildman–Crippen MR) is 109 cm³/mol. The van der Waals surface area contributed by atoms with Crippen LogP contribution in [0.4, 0.5) is 0 Å². The average molecular weight is 405 g/mol. The number of benzene rings is 2.